The predicted molar refractivity (Wildman–Crippen MR) is 99.4 cm³/mol. The molecule has 0 aromatic heterocycles. The van der Waals surface area contributed by atoms with Crippen LogP contribution in [-0.2, 0) is 14.3 Å². The minimum atomic E-state index is -0.735. The topological polar surface area (TPSA) is 132 Å². The van der Waals surface area contributed by atoms with Crippen LogP contribution in [0.3, 0.4) is 0 Å². The lowest BCUT2D eigenvalue weighted by Gasteiger charge is -2.33. The summed E-state index contributed by atoms with van der Waals surface area (Å²) >= 11 is 0. The molecule has 0 aliphatic carbocycles. The van der Waals surface area contributed by atoms with Crippen molar-refractivity contribution in [2.75, 3.05) is 19.6 Å². The minimum absolute atomic E-state index is 0.214. The van der Waals surface area contributed by atoms with Gasteiger partial charge in [-0.15, -0.1) is 0 Å². The lowest BCUT2D eigenvalue weighted by atomic mass is 9.97. The van der Waals surface area contributed by atoms with Crippen molar-refractivity contribution in [3.05, 3.63) is 0 Å². The van der Waals surface area contributed by atoms with Gasteiger partial charge < -0.3 is 14.5 Å². The van der Waals surface area contributed by atoms with E-state index < -0.39 is 41.5 Å². The zero-order chi connectivity index (χ0) is 21.3. The van der Waals surface area contributed by atoms with Crippen LogP contribution in [0.1, 0.15) is 46.5 Å². The van der Waals surface area contributed by atoms with Crippen molar-refractivity contribution in [1.29, 1.82) is 0 Å². The van der Waals surface area contributed by atoms with Gasteiger partial charge in [0.2, 0.25) is 5.91 Å². The van der Waals surface area contributed by atoms with Crippen molar-refractivity contribution >= 4 is 23.9 Å². The van der Waals surface area contributed by atoms with Crippen LogP contribution in [0.4, 0.5) is 9.59 Å². The van der Waals surface area contributed by atoms with E-state index in [4.69, 9.17) is 4.74 Å². The first-order valence-electron chi connectivity index (χ1n) is 9.93. The summed E-state index contributed by atoms with van der Waals surface area (Å²) in [5.74, 6) is -1.36. The van der Waals surface area contributed by atoms with Crippen LogP contribution in [0, 0.1) is 5.92 Å². The Bertz CT molecular complexity index is 693. The zero-order valence-corrected chi connectivity index (χ0v) is 17.0. The van der Waals surface area contributed by atoms with E-state index in [-0.39, 0.29) is 19.1 Å². The van der Waals surface area contributed by atoms with Crippen molar-refractivity contribution in [2.45, 2.75) is 64.1 Å². The molecular formula is C18H29N5O6. The van der Waals surface area contributed by atoms with E-state index in [1.807, 2.05) is 0 Å². The van der Waals surface area contributed by atoms with Gasteiger partial charge in [-0.3, -0.25) is 25.6 Å². The summed E-state index contributed by atoms with van der Waals surface area (Å²) < 4.78 is 5.35. The number of urea groups is 1. The SMILES string of the molecule is CC(C)(C)OC(=O)N1CCC[C@@H](C(=O)NNC(=O)[C@@H]2CCC3CN2C(=O)N3O)C1. The van der Waals surface area contributed by atoms with Gasteiger partial charge in [-0.05, 0) is 46.5 Å². The molecule has 5 amide bonds. The van der Waals surface area contributed by atoms with Crippen LogP contribution in [0.25, 0.3) is 0 Å². The quantitative estimate of drug-likeness (QED) is 0.446. The summed E-state index contributed by atoms with van der Waals surface area (Å²) in [6.07, 6.45) is 1.71. The average molecular weight is 411 g/mol. The molecule has 3 saturated heterocycles. The van der Waals surface area contributed by atoms with Gasteiger partial charge in [-0.1, -0.05) is 0 Å². The lowest BCUT2D eigenvalue weighted by Crippen LogP contribution is -2.56. The van der Waals surface area contributed by atoms with Crippen molar-refractivity contribution in [1.82, 2.24) is 25.7 Å². The number of hydrogen-bond acceptors (Lipinski definition) is 6. The Morgan fingerprint density at radius 3 is 2.45 bits per heavy atom. The van der Waals surface area contributed by atoms with Gasteiger partial charge in [0, 0.05) is 19.6 Å². The molecule has 3 rings (SSSR count). The number of rotatable bonds is 2. The van der Waals surface area contributed by atoms with E-state index in [0.29, 0.717) is 37.3 Å². The number of carbonyl (C=O) groups excluding carboxylic acids is 4. The summed E-state index contributed by atoms with van der Waals surface area (Å²) in [5.41, 5.74) is 4.18. The first-order valence-corrected chi connectivity index (χ1v) is 9.93. The molecular weight excluding hydrogens is 382 g/mol. The van der Waals surface area contributed by atoms with Crippen LogP contribution >= 0.6 is 0 Å². The molecule has 1 unspecified atom stereocenters. The van der Waals surface area contributed by atoms with E-state index in [1.54, 1.807) is 20.8 Å². The van der Waals surface area contributed by atoms with Gasteiger partial charge in [0.05, 0.1) is 12.0 Å². The van der Waals surface area contributed by atoms with E-state index >= 15 is 0 Å². The van der Waals surface area contributed by atoms with Gasteiger partial charge >= 0.3 is 12.1 Å². The number of fused-ring (bicyclic) bond motifs is 2. The van der Waals surface area contributed by atoms with E-state index in [1.165, 1.54) is 9.80 Å². The Kier molecular flexibility index (Phi) is 5.87. The number of piperidine rings is 2. The molecule has 0 radical (unpaired) electrons. The maximum absolute atomic E-state index is 12.5. The molecule has 3 heterocycles. The molecule has 3 aliphatic rings. The number of amides is 5. The second-order valence-corrected chi connectivity index (χ2v) is 8.77. The molecule has 11 heteroatoms. The van der Waals surface area contributed by atoms with Gasteiger partial charge in [-0.25, -0.2) is 14.7 Å². The van der Waals surface area contributed by atoms with E-state index in [9.17, 15) is 24.4 Å². The van der Waals surface area contributed by atoms with Gasteiger partial charge in [0.25, 0.3) is 5.91 Å². The standard InChI is InChI=1S/C18H29N5O6/c1-18(2,3)29-17(27)21-8-4-5-11(9-21)14(24)19-20-15(25)13-7-6-12-10-22(13)16(26)23(12)28/h11-13,28H,4-10H2,1-3H3,(H,19,24)(H,20,25)/t11-,12?,13+/m1/s1. The number of ether oxygens (including phenoxy) is 1. The third-order valence-electron chi connectivity index (χ3n) is 5.40. The number of nitrogens with one attached hydrogen (secondary N) is 2. The highest BCUT2D eigenvalue weighted by Crippen LogP contribution is 2.28. The number of likely N-dealkylation sites (tertiary alicyclic amines) is 1. The number of hydrazine groups is 1. The summed E-state index contributed by atoms with van der Waals surface area (Å²) in [5, 5.41) is 10.4. The monoisotopic (exact) mass is 411 g/mol. The van der Waals surface area contributed by atoms with Gasteiger partial charge in [-0.2, -0.15) is 0 Å². The number of nitrogens with zero attached hydrogens (tertiary/aromatic N) is 3. The molecule has 11 nitrogen and oxygen atoms in total. The van der Waals surface area contributed by atoms with E-state index in [2.05, 4.69) is 10.9 Å². The normalized spacial score (nSPS) is 27.0. The maximum Gasteiger partial charge on any atom is 0.410 e. The van der Waals surface area contributed by atoms with Crippen molar-refractivity contribution in [3.8, 4) is 0 Å². The fourth-order valence-corrected chi connectivity index (χ4v) is 3.92. The highest BCUT2D eigenvalue weighted by Gasteiger charge is 2.46. The average Bonchev–Trinajstić information content (AvgIpc) is 2.89. The lowest BCUT2D eigenvalue weighted by molar-refractivity contribution is -0.134. The summed E-state index contributed by atoms with van der Waals surface area (Å²) in [6, 6.07) is -1.62. The highest BCUT2D eigenvalue weighted by molar-refractivity contribution is 5.90. The van der Waals surface area contributed by atoms with Gasteiger partial charge in [0.1, 0.15) is 11.6 Å². The van der Waals surface area contributed by atoms with Crippen molar-refractivity contribution in [2.24, 2.45) is 5.92 Å². The largest absolute Gasteiger partial charge is 0.444 e. The molecule has 0 spiro atoms. The molecule has 3 atom stereocenters. The second kappa shape index (κ2) is 8.05. The van der Waals surface area contributed by atoms with Crippen LogP contribution in [0.15, 0.2) is 0 Å². The first-order chi connectivity index (χ1) is 13.6. The maximum atomic E-state index is 12.5. The summed E-state index contributed by atoms with van der Waals surface area (Å²) in [4.78, 5) is 51.9. The van der Waals surface area contributed by atoms with Crippen molar-refractivity contribution < 1.29 is 29.1 Å². The molecule has 0 saturated carbocycles. The summed E-state index contributed by atoms with van der Waals surface area (Å²) in [7, 11) is 0. The van der Waals surface area contributed by atoms with Crippen molar-refractivity contribution in [3.63, 3.8) is 0 Å². The Labute approximate surface area is 169 Å². The zero-order valence-electron chi connectivity index (χ0n) is 17.0. The van der Waals surface area contributed by atoms with Gasteiger partial charge in [0.15, 0.2) is 0 Å². The molecule has 3 aliphatic heterocycles. The number of hydrogen-bond donors (Lipinski definition) is 3. The third-order valence-corrected chi connectivity index (χ3v) is 5.40. The fraction of sp³-hybridized carbons (Fsp3) is 0.778. The predicted octanol–water partition coefficient (Wildman–Crippen LogP) is 0.439. The number of hydroxylamine groups is 2. The van der Waals surface area contributed by atoms with Crippen LogP contribution in [-0.4, -0.2) is 81.3 Å². The second-order valence-electron chi connectivity index (χ2n) is 8.77. The first kappa shape index (κ1) is 21.2. The molecule has 2 bridgehead atoms. The fourth-order valence-electron chi connectivity index (χ4n) is 3.92. The Hall–Kier alpha value is -2.56. The molecule has 3 fully saturated rings. The molecule has 29 heavy (non-hydrogen) atoms. The Balaban J connectivity index is 1.49. The van der Waals surface area contributed by atoms with Crippen LogP contribution in [0.5, 0.6) is 0 Å². The Morgan fingerprint density at radius 1 is 1.07 bits per heavy atom. The minimum Gasteiger partial charge on any atom is -0.444 e. The van der Waals surface area contributed by atoms with Crippen LogP contribution < -0.4 is 10.9 Å². The molecule has 0 aromatic rings. The molecule has 162 valence electrons. The Morgan fingerprint density at radius 2 is 1.76 bits per heavy atom. The third kappa shape index (κ3) is 4.72. The smallest absolute Gasteiger partial charge is 0.410 e. The van der Waals surface area contributed by atoms with E-state index in [0.717, 1.165) is 0 Å². The highest BCUT2D eigenvalue weighted by atomic mass is 16.6. The molecule has 0 aromatic carbocycles. The molecule has 3 N–H and O–H groups in total. The summed E-state index contributed by atoms with van der Waals surface area (Å²) in [6.45, 7) is 6.36. The number of carbonyl (C=O) groups is 4. The van der Waals surface area contributed by atoms with Crippen LogP contribution in [0.2, 0.25) is 0 Å².